The van der Waals surface area contributed by atoms with E-state index in [1.54, 1.807) is 30.5 Å². The highest BCUT2D eigenvalue weighted by atomic mass is 19.1. The monoisotopic (exact) mass is 505 g/mol. The predicted molar refractivity (Wildman–Crippen MR) is 137 cm³/mol. The minimum Gasteiger partial charge on any atom is -0.495 e. The van der Waals surface area contributed by atoms with Gasteiger partial charge >= 0.3 is 6.03 Å². The highest BCUT2D eigenvalue weighted by Crippen LogP contribution is 2.51. The van der Waals surface area contributed by atoms with E-state index in [1.807, 2.05) is 47.7 Å². The number of halogens is 1. The number of urea groups is 1. The van der Waals surface area contributed by atoms with E-state index in [1.165, 1.54) is 12.1 Å². The SMILES string of the molecule is COc1cc(C2CN(C(N)=O)CC23CCCN(C(C)c2ccc(F)cc2)C3=O)ccc1-n1cnc(C)c1. The number of piperidine rings is 1. The van der Waals surface area contributed by atoms with E-state index in [4.69, 9.17) is 10.5 Å². The Bertz CT molecular complexity index is 1320. The van der Waals surface area contributed by atoms with E-state index in [0.29, 0.717) is 25.3 Å². The number of likely N-dealkylation sites (tertiary alicyclic amines) is 2. The molecule has 9 heteroatoms. The van der Waals surface area contributed by atoms with E-state index < -0.39 is 11.4 Å². The largest absolute Gasteiger partial charge is 0.495 e. The molecular weight excluding hydrogens is 473 g/mol. The fourth-order valence-electron chi connectivity index (χ4n) is 6.00. The number of methoxy groups -OCH3 is 1. The highest BCUT2D eigenvalue weighted by Gasteiger charge is 2.56. The molecule has 3 heterocycles. The molecule has 5 rings (SSSR count). The lowest BCUT2D eigenvalue weighted by atomic mass is 9.68. The Morgan fingerprint density at radius 1 is 1.24 bits per heavy atom. The van der Waals surface area contributed by atoms with Crippen molar-refractivity contribution in [1.82, 2.24) is 19.4 Å². The molecule has 0 radical (unpaired) electrons. The number of carbonyl (C=O) groups excluding carboxylic acids is 2. The van der Waals surface area contributed by atoms with Gasteiger partial charge in [-0.3, -0.25) is 4.79 Å². The second-order valence-electron chi connectivity index (χ2n) is 10.1. The third kappa shape index (κ3) is 4.32. The van der Waals surface area contributed by atoms with Gasteiger partial charge in [-0.2, -0.15) is 0 Å². The molecule has 2 aromatic carbocycles. The van der Waals surface area contributed by atoms with Gasteiger partial charge in [-0.1, -0.05) is 18.2 Å². The zero-order valence-electron chi connectivity index (χ0n) is 21.4. The number of hydrogen-bond donors (Lipinski definition) is 1. The number of aromatic nitrogens is 2. The van der Waals surface area contributed by atoms with Crippen LogP contribution < -0.4 is 10.5 Å². The van der Waals surface area contributed by atoms with Crippen molar-refractivity contribution in [3.8, 4) is 11.4 Å². The van der Waals surface area contributed by atoms with Gasteiger partial charge in [-0.05, 0) is 62.1 Å². The van der Waals surface area contributed by atoms with Gasteiger partial charge in [0, 0.05) is 31.7 Å². The van der Waals surface area contributed by atoms with E-state index >= 15 is 0 Å². The molecule has 0 bridgehead atoms. The van der Waals surface area contributed by atoms with E-state index in [0.717, 1.165) is 28.9 Å². The summed E-state index contributed by atoms with van der Waals surface area (Å²) in [6, 6.07) is 11.4. The van der Waals surface area contributed by atoms with E-state index in [9.17, 15) is 14.0 Å². The third-order valence-electron chi connectivity index (χ3n) is 7.98. The lowest BCUT2D eigenvalue weighted by Gasteiger charge is -2.45. The molecule has 2 aliphatic heterocycles. The lowest BCUT2D eigenvalue weighted by Crippen LogP contribution is -2.53. The first kappa shape index (κ1) is 24.8. The molecule has 8 nitrogen and oxygen atoms in total. The van der Waals surface area contributed by atoms with Crippen LogP contribution >= 0.6 is 0 Å². The molecule has 2 fully saturated rings. The molecular formula is C28H32FN5O3. The Labute approximate surface area is 215 Å². The number of rotatable bonds is 5. The van der Waals surface area contributed by atoms with Gasteiger partial charge in [0.05, 0.1) is 36.3 Å². The van der Waals surface area contributed by atoms with Gasteiger partial charge in [0.25, 0.3) is 0 Å². The zero-order chi connectivity index (χ0) is 26.3. The molecule has 3 aromatic rings. The summed E-state index contributed by atoms with van der Waals surface area (Å²) in [4.78, 5) is 34.3. The number of primary amides is 1. The molecule has 2 saturated heterocycles. The molecule has 1 aromatic heterocycles. The van der Waals surface area contributed by atoms with Crippen LogP contribution in [0.2, 0.25) is 0 Å². The van der Waals surface area contributed by atoms with Crippen molar-refractivity contribution in [3.05, 3.63) is 77.6 Å². The smallest absolute Gasteiger partial charge is 0.314 e. The second-order valence-corrected chi connectivity index (χ2v) is 10.1. The van der Waals surface area contributed by atoms with Crippen LogP contribution in [0, 0.1) is 18.2 Å². The summed E-state index contributed by atoms with van der Waals surface area (Å²) in [7, 11) is 1.62. The van der Waals surface area contributed by atoms with Crippen molar-refractivity contribution in [2.24, 2.45) is 11.1 Å². The van der Waals surface area contributed by atoms with Gasteiger partial charge in [0.1, 0.15) is 11.6 Å². The molecule has 3 atom stereocenters. The Morgan fingerprint density at radius 3 is 2.65 bits per heavy atom. The van der Waals surface area contributed by atoms with Gasteiger partial charge in [-0.15, -0.1) is 0 Å². The fraction of sp³-hybridized carbons (Fsp3) is 0.393. The van der Waals surface area contributed by atoms with Crippen LogP contribution in [0.4, 0.5) is 9.18 Å². The van der Waals surface area contributed by atoms with Gasteiger partial charge < -0.3 is 24.8 Å². The Hall–Kier alpha value is -3.88. The maximum atomic E-state index is 14.3. The van der Waals surface area contributed by atoms with Crippen molar-refractivity contribution in [2.75, 3.05) is 26.7 Å². The Balaban J connectivity index is 1.53. The number of aryl methyl sites for hydroxylation is 1. The van der Waals surface area contributed by atoms with Crippen LogP contribution in [-0.2, 0) is 4.79 Å². The number of ether oxygens (including phenoxy) is 1. The maximum Gasteiger partial charge on any atom is 0.314 e. The first-order valence-corrected chi connectivity index (χ1v) is 12.5. The number of benzene rings is 2. The molecule has 37 heavy (non-hydrogen) atoms. The molecule has 194 valence electrons. The first-order valence-electron chi connectivity index (χ1n) is 12.5. The summed E-state index contributed by atoms with van der Waals surface area (Å²) < 4.78 is 21.2. The summed E-state index contributed by atoms with van der Waals surface area (Å²) in [5.74, 6) is 0.0942. The highest BCUT2D eigenvalue weighted by molar-refractivity contribution is 5.87. The van der Waals surface area contributed by atoms with Crippen molar-refractivity contribution in [2.45, 2.75) is 38.6 Å². The summed E-state index contributed by atoms with van der Waals surface area (Å²) in [6.07, 6.45) is 5.10. The van der Waals surface area contributed by atoms with Crippen LogP contribution in [0.15, 0.2) is 55.0 Å². The number of imidazole rings is 1. The molecule has 3 unspecified atom stereocenters. The van der Waals surface area contributed by atoms with Crippen LogP contribution in [0.5, 0.6) is 5.75 Å². The predicted octanol–water partition coefficient (Wildman–Crippen LogP) is 4.18. The van der Waals surface area contributed by atoms with Gasteiger partial charge in [-0.25, -0.2) is 14.2 Å². The maximum absolute atomic E-state index is 14.3. The summed E-state index contributed by atoms with van der Waals surface area (Å²) in [5.41, 5.74) is 8.44. The molecule has 3 amide bonds. The van der Waals surface area contributed by atoms with Gasteiger partial charge in [0.15, 0.2) is 0 Å². The van der Waals surface area contributed by atoms with E-state index in [-0.39, 0.29) is 30.2 Å². The van der Waals surface area contributed by atoms with Crippen molar-refractivity contribution in [3.63, 3.8) is 0 Å². The number of nitrogens with two attached hydrogens (primary N) is 1. The topological polar surface area (TPSA) is 93.7 Å². The fourth-order valence-corrected chi connectivity index (χ4v) is 6.00. The van der Waals surface area contributed by atoms with Gasteiger partial charge in [0.2, 0.25) is 5.91 Å². The third-order valence-corrected chi connectivity index (χ3v) is 7.98. The van der Waals surface area contributed by atoms with Crippen molar-refractivity contribution < 1.29 is 18.7 Å². The van der Waals surface area contributed by atoms with Crippen LogP contribution in [0.1, 0.15) is 48.5 Å². The average molecular weight is 506 g/mol. The number of carbonyl (C=O) groups is 2. The average Bonchev–Trinajstić information content (AvgIpc) is 3.50. The molecule has 1 spiro atoms. The van der Waals surface area contributed by atoms with Crippen molar-refractivity contribution in [1.29, 1.82) is 0 Å². The number of amides is 3. The zero-order valence-corrected chi connectivity index (χ0v) is 21.4. The molecule has 0 aliphatic carbocycles. The normalized spacial score (nSPS) is 22.5. The summed E-state index contributed by atoms with van der Waals surface area (Å²) in [6.45, 7) is 5.11. The van der Waals surface area contributed by atoms with Crippen LogP contribution in [0.25, 0.3) is 5.69 Å². The Morgan fingerprint density at radius 2 is 2.00 bits per heavy atom. The summed E-state index contributed by atoms with van der Waals surface area (Å²) >= 11 is 0. The minimum absolute atomic E-state index is 0.00222. The second kappa shape index (κ2) is 9.53. The van der Waals surface area contributed by atoms with Crippen LogP contribution in [0.3, 0.4) is 0 Å². The number of nitrogens with zero attached hydrogens (tertiary/aromatic N) is 4. The van der Waals surface area contributed by atoms with Crippen LogP contribution in [-0.4, -0.2) is 58.0 Å². The van der Waals surface area contributed by atoms with E-state index in [2.05, 4.69) is 4.98 Å². The molecule has 2 aliphatic rings. The van der Waals surface area contributed by atoms with Crippen molar-refractivity contribution >= 4 is 11.9 Å². The minimum atomic E-state index is -0.806. The summed E-state index contributed by atoms with van der Waals surface area (Å²) in [5, 5.41) is 0. The number of hydrogen-bond acceptors (Lipinski definition) is 4. The molecule has 2 N–H and O–H groups in total. The lowest BCUT2D eigenvalue weighted by molar-refractivity contribution is -0.149. The standard InChI is InChI=1S/C28H32FN5O3/c1-18-14-33(17-31-18)24-10-7-21(13-25(24)37-3)23-15-32(27(30)36)16-28(23)11-4-12-34(26(28)35)19(2)20-5-8-22(29)9-6-20/h5-10,13-14,17,19,23H,4,11-12,15-16H2,1-3H3,(H2,30,36). The first-order chi connectivity index (χ1) is 17.7. The Kier molecular flexibility index (Phi) is 6.39. The molecule has 0 saturated carbocycles. The quantitative estimate of drug-likeness (QED) is 0.563.